The predicted octanol–water partition coefficient (Wildman–Crippen LogP) is 4.45. The number of hydrogen-bond donors (Lipinski definition) is 1. The van der Waals surface area contributed by atoms with Gasteiger partial charge in [0.25, 0.3) is 5.91 Å². The first-order valence-corrected chi connectivity index (χ1v) is 8.72. The molecule has 1 aliphatic carbocycles. The van der Waals surface area contributed by atoms with Crippen molar-refractivity contribution < 1.29 is 9.53 Å². The summed E-state index contributed by atoms with van der Waals surface area (Å²) in [6, 6.07) is 13.9. The van der Waals surface area contributed by atoms with Crippen LogP contribution in [0.2, 0.25) is 0 Å². The number of hydrogen-bond acceptors (Lipinski definition) is 2. The van der Waals surface area contributed by atoms with Crippen molar-refractivity contribution in [1.29, 1.82) is 0 Å². The highest BCUT2D eigenvalue weighted by Crippen LogP contribution is 2.25. The summed E-state index contributed by atoms with van der Waals surface area (Å²) in [7, 11) is 0. The zero-order chi connectivity index (χ0) is 17.1. The van der Waals surface area contributed by atoms with E-state index >= 15 is 0 Å². The molecule has 1 amide bonds. The Morgan fingerprint density at radius 1 is 1.00 bits per heavy atom. The summed E-state index contributed by atoms with van der Waals surface area (Å²) in [4.78, 5) is 12.4. The number of ether oxygens (including phenoxy) is 1. The summed E-state index contributed by atoms with van der Waals surface area (Å²) in [5.41, 5.74) is 4.71. The fourth-order valence-corrected chi connectivity index (χ4v) is 3.18. The average Bonchev–Trinajstić information content (AvgIpc) is 3.02. The molecule has 1 aliphatic rings. The van der Waals surface area contributed by atoms with Crippen molar-refractivity contribution in [1.82, 2.24) is 5.32 Å². The van der Waals surface area contributed by atoms with Gasteiger partial charge < -0.3 is 10.1 Å². The lowest BCUT2D eigenvalue weighted by atomic mass is 10.0. The number of aryl methyl sites for hydroxylation is 2. The van der Waals surface area contributed by atoms with E-state index in [-0.39, 0.29) is 18.1 Å². The van der Waals surface area contributed by atoms with E-state index in [4.69, 9.17) is 4.74 Å². The maximum absolute atomic E-state index is 12.4. The van der Waals surface area contributed by atoms with Gasteiger partial charge in [-0.3, -0.25) is 4.79 Å². The highest BCUT2D eigenvalue weighted by molar-refractivity contribution is 5.94. The van der Waals surface area contributed by atoms with Crippen LogP contribution in [0.15, 0.2) is 42.5 Å². The first kappa shape index (κ1) is 16.6. The Labute approximate surface area is 144 Å². The Hall–Kier alpha value is -2.29. The molecule has 0 bridgehead atoms. The number of amides is 1. The topological polar surface area (TPSA) is 38.3 Å². The molecular weight excluding hydrogens is 298 g/mol. The summed E-state index contributed by atoms with van der Waals surface area (Å²) < 4.78 is 5.61. The molecular formula is C21H25NO2. The van der Waals surface area contributed by atoms with Gasteiger partial charge in [-0.05, 0) is 81.0 Å². The molecule has 24 heavy (non-hydrogen) atoms. The summed E-state index contributed by atoms with van der Waals surface area (Å²) in [5, 5.41) is 3.08. The van der Waals surface area contributed by atoms with E-state index < -0.39 is 0 Å². The molecule has 0 saturated heterocycles. The van der Waals surface area contributed by atoms with Crippen molar-refractivity contribution >= 4 is 5.91 Å². The smallest absolute Gasteiger partial charge is 0.251 e. The Balaban J connectivity index is 1.65. The molecule has 0 saturated carbocycles. The van der Waals surface area contributed by atoms with Gasteiger partial charge in [-0.1, -0.05) is 18.2 Å². The predicted molar refractivity (Wildman–Crippen MR) is 96.6 cm³/mol. The number of carbonyl (C=O) groups is 1. The molecule has 2 aromatic carbocycles. The number of rotatable bonds is 5. The largest absolute Gasteiger partial charge is 0.491 e. The molecule has 0 fully saturated rings. The molecule has 0 unspecified atom stereocenters. The second-order valence-corrected chi connectivity index (χ2v) is 6.77. The Bertz CT molecular complexity index is 719. The van der Waals surface area contributed by atoms with Crippen LogP contribution in [0.5, 0.6) is 5.75 Å². The number of benzene rings is 2. The number of fused-ring (bicyclic) bond motifs is 1. The molecule has 3 nitrogen and oxygen atoms in total. The van der Waals surface area contributed by atoms with Gasteiger partial charge in [0.15, 0.2) is 0 Å². The van der Waals surface area contributed by atoms with Crippen molar-refractivity contribution in [2.24, 2.45) is 0 Å². The third kappa shape index (κ3) is 3.78. The lowest BCUT2D eigenvalue weighted by Crippen LogP contribution is -2.26. The van der Waals surface area contributed by atoms with E-state index in [1.54, 1.807) is 0 Å². The summed E-state index contributed by atoms with van der Waals surface area (Å²) >= 11 is 0. The van der Waals surface area contributed by atoms with Gasteiger partial charge in [-0.25, -0.2) is 0 Å². The van der Waals surface area contributed by atoms with Crippen LogP contribution in [0.3, 0.4) is 0 Å². The molecule has 1 N–H and O–H groups in total. The molecule has 1 atom stereocenters. The summed E-state index contributed by atoms with van der Waals surface area (Å²) in [6.45, 7) is 6.00. The normalized spacial score (nSPS) is 14.3. The molecule has 3 heteroatoms. The minimum absolute atomic E-state index is 0.00464. The van der Waals surface area contributed by atoms with Crippen LogP contribution < -0.4 is 10.1 Å². The Kier molecular flexibility index (Phi) is 4.89. The first-order valence-electron chi connectivity index (χ1n) is 8.72. The van der Waals surface area contributed by atoms with Crippen LogP contribution in [0, 0.1) is 0 Å². The van der Waals surface area contributed by atoms with Crippen molar-refractivity contribution in [3.63, 3.8) is 0 Å². The second kappa shape index (κ2) is 7.08. The van der Waals surface area contributed by atoms with Crippen LogP contribution in [-0.2, 0) is 12.8 Å². The van der Waals surface area contributed by atoms with Gasteiger partial charge in [0.05, 0.1) is 12.1 Å². The van der Waals surface area contributed by atoms with Crippen LogP contribution in [0.25, 0.3) is 0 Å². The third-order valence-electron chi connectivity index (χ3n) is 4.46. The highest BCUT2D eigenvalue weighted by atomic mass is 16.5. The lowest BCUT2D eigenvalue weighted by molar-refractivity contribution is 0.0940. The van der Waals surface area contributed by atoms with Crippen molar-refractivity contribution in [3.05, 3.63) is 64.7 Å². The molecule has 0 radical (unpaired) electrons. The molecule has 0 aliphatic heterocycles. The lowest BCUT2D eigenvalue weighted by Gasteiger charge is -2.16. The molecule has 2 aromatic rings. The second-order valence-electron chi connectivity index (χ2n) is 6.77. The van der Waals surface area contributed by atoms with Crippen LogP contribution >= 0.6 is 0 Å². The van der Waals surface area contributed by atoms with Crippen molar-refractivity contribution in [3.8, 4) is 5.75 Å². The molecule has 0 heterocycles. The van der Waals surface area contributed by atoms with E-state index in [0.717, 1.165) is 12.2 Å². The van der Waals surface area contributed by atoms with Gasteiger partial charge in [-0.2, -0.15) is 0 Å². The zero-order valence-electron chi connectivity index (χ0n) is 14.6. The molecule has 0 aromatic heterocycles. The SMILES string of the molecule is CC(C)Oc1ccc(C(=O)N[C@@H](C)c2ccc3c(c2)CCC3)cc1. The van der Waals surface area contributed by atoms with Gasteiger partial charge in [0.2, 0.25) is 0 Å². The minimum Gasteiger partial charge on any atom is -0.491 e. The van der Waals surface area contributed by atoms with E-state index in [2.05, 4.69) is 23.5 Å². The number of carbonyl (C=O) groups excluding carboxylic acids is 1. The van der Waals surface area contributed by atoms with E-state index in [1.807, 2.05) is 45.0 Å². The van der Waals surface area contributed by atoms with Gasteiger partial charge in [0, 0.05) is 5.56 Å². The maximum atomic E-state index is 12.4. The van der Waals surface area contributed by atoms with Gasteiger partial charge >= 0.3 is 0 Å². The van der Waals surface area contributed by atoms with E-state index in [0.29, 0.717) is 5.56 Å². The monoisotopic (exact) mass is 323 g/mol. The number of nitrogens with one attached hydrogen (secondary N) is 1. The van der Waals surface area contributed by atoms with Crippen molar-refractivity contribution in [2.75, 3.05) is 0 Å². The molecule has 3 rings (SSSR count). The summed E-state index contributed by atoms with van der Waals surface area (Å²) in [5.74, 6) is 0.729. The van der Waals surface area contributed by atoms with Crippen molar-refractivity contribution in [2.45, 2.75) is 52.2 Å². The average molecular weight is 323 g/mol. The van der Waals surface area contributed by atoms with Crippen LogP contribution in [-0.4, -0.2) is 12.0 Å². The summed E-state index contributed by atoms with van der Waals surface area (Å²) in [6.07, 6.45) is 3.71. The van der Waals surface area contributed by atoms with Gasteiger partial charge in [0.1, 0.15) is 5.75 Å². The maximum Gasteiger partial charge on any atom is 0.251 e. The van der Waals surface area contributed by atoms with Crippen LogP contribution in [0.1, 0.15) is 60.3 Å². The molecule has 126 valence electrons. The standard InChI is InChI=1S/C21H25NO2/c1-14(2)24-20-11-9-17(10-12-20)21(23)22-15(3)18-8-7-16-5-4-6-19(16)13-18/h7-15H,4-6H2,1-3H3,(H,22,23)/t15-/m0/s1. The first-order chi connectivity index (χ1) is 11.5. The fourth-order valence-electron chi connectivity index (χ4n) is 3.18. The highest BCUT2D eigenvalue weighted by Gasteiger charge is 2.15. The van der Waals surface area contributed by atoms with Gasteiger partial charge in [-0.15, -0.1) is 0 Å². The van der Waals surface area contributed by atoms with E-state index in [9.17, 15) is 4.79 Å². The quantitative estimate of drug-likeness (QED) is 0.882. The third-order valence-corrected chi connectivity index (χ3v) is 4.46. The Morgan fingerprint density at radius 3 is 2.42 bits per heavy atom. The van der Waals surface area contributed by atoms with E-state index in [1.165, 1.54) is 29.5 Å². The van der Waals surface area contributed by atoms with Crippen LogP contribution in [0.4, 0.5) is 0 Å². The minimum atomic E-state index is -0.0564. The fraction of sp³-hybridized carbons (Fsp3) is 0.381. The Morgan fingerprint density at radius 2 is 1.71 bits per heavy atom. The molecule has 0 spiro atoms. The zero-order valence-corrected chi connectivity index (χ0v) is 14.6.